The van der Waals surface area contributed by atoms with Crippen LogP contribution >= 0.6 is 0 Å². The number of hydrogen-bond acceptors (Lipinski definition) is 4. The summed E-state index contributed by atoms with van der Waals surface area (Å²) in [6.07, 6.45) is 0. The minimum Gasteiger partial charge on any atom is -0.508 e. The summed E-state index contributed by atoms with van der Waals surface area (Å²) in [5.74, 6) is -1.32. The van der Waals surface area contributed by atoms with Crippen molar-refractivity contribution in [3.05, 3.63) is 48.0 Å². The third-order valence-corrected chi connectivity index (χ3v) is 4.88. The van der Waals surface area contributed by atoms with E-state index in [0.717, 1.165) is 6.07 Å². The summed E-state index contributed by atoms with van der Waals surface area (Å²) >= 11 is 0. The lowest BCUT2D eigenvalue weighted by atomic mass is 10.0. The molecule has 0 aromatic heterocycles. The quantitative estimate of drug-likeness (QED) is 0.787. The summed E-state index contributed by atoms with van der Waals surface area (Å²) in [5.41, 5.74) is 0.443. The number of phenols is 1. The van der Waals surface area contributed by atoms with Crippen molar-refractivity contribution >= 4 is 16.0 Å². The van der Waals surface area contributed by atoms with Gasteiger partial charge in [-0.2, -0.15) is 0 Å². The molecule has 2 rings (SSSR count). The highest BCUT2D eigenvalue weighted by atomic mass is 32.2. The minimum absolute atomic E-state index is 0.0453. The molecule has 0 radical (unpaired) electrons. The number of carboxylic acid groups (broad SMARTS) is 1. The standard InChI is InChI=1S/C17H19NO5S/c1-17(2,3)18-24(22,23)15-6-4-11(5-7-15)12-8-13(16(20)21)10-14(19)9-12/h4-10,18-19H,1-3H3,(H,20,21). The molecule has 0 bridgehead atoms. The molecular formula is C17H19NO5S. The maximum Gasteiger partial charge on any atom is 0.335 e. The van der Waals surface area contributed by atoms with Crippen LogP contribution in [0.2, 0.25) is 0 Å². The second kappa shape index (κ2) is 6.26. The van der Waals surface area contributed by atoms with Gasteiger partial charge < -0.3 is 10.2 Å². The SMILES string of the molecule is CC(C)(C)NS(=O)(=O)c1ccc(-c2cc(O)cc(C(=O)O)c2)cc1. The lowest BCUT2D eigenvalue weighted by Gasteiger charge is -2.20. The normalized spacial score (nSPS) is 12.1. The monoisotopic (exact) mass is 349 g/mol. The molecule has 6 nitrogen and oxygen atoms in total. The molecule has 0 unspecified atom stereocenters. The van der Waals surface area contributed by atoms with Gasteiger partial charge in [-0.15, -0.1) is 0 Å². The number of rotatable bonds is 4. The molecule has 128 valence electrons. The van der Waals surface area contributed by atoms with Crippen LogP contribution in [-0.4, -0.2) is 30.1 Å². The number of carboxylic acids is 1. The highest BCUT2D eigenvalue weighted by Crippen LogP contribution is 2.27. The third kappa shape index (κ3) is 4.33. The molecule has 2 aromatic carbocycles. The van der Waals surface area contributed by atoms with E-state index < -0.39 is 21.5 Å². The van der Waals surface area contributed by atoms with Crippen LogP contribution < -0.4 is 4.72 Å². The lowest BCUT2D eigenvalue weighted by molar-refractivity contribution is 0.0696. The summed E-state index contributed by atoms with van der Waals surface area (Å²) in [6, 6.07) is 10.00. The number of carbonyl (C=O) groups is 1. The number of benzene rings is 2. The largest absolute Gasteiger partial charge is 0.508 e. The van der Waals surface area contributed by atoms with Gasteiger partial charge in [0, 0.05) is 5.54 Å². The van der Waals surface area contributed by atoms with Crippen molar-refractivity contribution in [3.63, 3.8) is 0 Å². The molecule has 0 amide bonds. The smallest absolute Gasteiger partial charge is 0.335 e. The number of sulfonamides is 1. The van der Waals surface area contributed by atoms with E-state index in [9.17, 15) is 18.3 Å². The van der Waals surface area contributed by atoms with Gasteiger partial charge in [-0.25, -0.2) is 17.9 Å². The van der Waals surface area contributed by atoms with Crippen LogP contribution in [-0.2, 0) is 10.0 Å². The second-order valence-electron chi connectivity index (χ2n) is 6.45. The Hall–Kier alpha value is -2.38. The Bertz CT molecular complexity index is 865. The van der Waals surface area contributed by atoms with Crippen LogP contribution in [0.3, 0.4) is 0 Å². The van der Waals surface area contributed by atoms with Gasteiger partial charge in [0.05, 0.1) is 10.5 Å². The molecule has 0 aliphatic carbocycles. The van der Waals surface area contributed by atoms with Crippen molar-refractivity contribution in [2.45, 2.75) is 31.2 Å². The van der Waals surface area contributed by atoms with Crippen molar-refractivity contribution in [2.75, 3.05) is 0 Å². The fourth-order valence-electron chi connectivity index (χ4n) is 2.19. The highest BCUT2D eigenvalue weighted by molar-refractivity contribution is 7.89. The maximum atomic E-state index is 12.3. The Morgan fingerprint density at radius 1 is 1.00 bits per heavy atom. The zero-order valence-corrected chi connectivity index (χ0v) is 14.4. The van der Waals surface area contributed by atoms with Crippen LogP contribution in [0.15, 0.2) is 47.4 Å². The molecule has 2 aromatic rings. The molecule has 7 heteroatoms. The molecule has 0 aliphatic heterocycles. The van der Waals surface area contributed by atoms with E-state index in [1.165, 1.54) is 24.3 Å². The topological polar surface area (TPSA) is 104 Å². The summed E-state index contributed by atoms with van der Waals surface area (Å²) in [6.45, 7) is 5.25. The van der Waals surface area contributed by atoms with Gasteiger partial charge in [-0.1, -0.05) is 12.1 Å². The van der Waals surface area contributed by atoms with Crippen LogP contribution in [0.25, 0.3) is 11.1 Å². The fraction of sp³-hybridized carbons (Fsp3) is 0.235. The Balaban J connectivity index is 2.39. The van der Waals surface area contributed by atoms with Gasteiger partial charge >= 0.3 is 5.97 Å². The van der Waals surface area contributed by atoms with Gasteiger partial charge in [0.25, 0.3) is 0 Å². The third-order valence-electron chi connectivity index (χ3n) is 3.10. The van der Waals surface area contributed by atoms with Gasteiger partial charge in [0.1, 0.15) is 5.75 Å². The van der Waals surface area contributed by atoms with Crippen molar-refractivity contribution in [1.82, 2.24) is 4.72 Å². The Morgan fingerprint density at radius 3 is 2.08 bits per heavy atom. The Morgan fingerprint density at radius 2 is 1.58 bits per heavy atom. The van der Waals surface area contributed by atoms with Crippen molar-refractivity contribution in [1.29, 1.82) is 0 Å². The molecule has 24 heavy (non-hydrogen) atoms. The molecule has 0 spiro atoms. The molecule has 3 N–H and O–H groups in total. The molecule has 0 atom stereocenters. The van der Waals surface area contributed by atoms with E-state index >= 15 is 0 Å². The fourth-order valence-corrected chi connectivity index (χ4v) is 3.61. The van der Waals surface area contributed by atoms with E-state index in [0.29, 0.717) is 11.1 Å². The first-order chi connectivity index (χ1) is 11.0. The molecular weight excluding hydrogens is 330 g/mol. The van der Waals surface area contributed by atoms with Crippen molar-refractivity contribution in [2.24, 2.45) is 0 Å². The zero-order chi connectivity index (χ0) is 18.1. The van der Waals surface area contributed by atoms with Crippen LogP contribution in [0.4, 0.5) is 0 Å². The van der Waals surface area contributed by atoms with Crippen LogP contribution in [0, 0.1) is 0 Å². The summed E-state index contributed by atoms with van der Waals surface area (Å²) in [4.78, 5) is 11.2. The van der Waals surface area contributed by atoms with Crippen LogP contribution in [0.1, 0.15) is 31.1 Å². The number of aromatic carboxylic acids is 1. The number of nitrogens with one attached hydrogen (secondary N) is 1. The average molecular weight is 349 g/mol. The molecule has 0 saturated heterocycles. The van der Waals surface area contributed by atoms with Crippen LogP contribution in [0.5, 0.6) is 5.75 Å². The van der Waals surface area contributed by atoms with Gasteiger partial charge in [0.15, 0.2) is 0 Å². The Kier molecular flexibility index (Phi) is 4.68. The number of phenolic OH excluding ortho intramolecular Hbond substituents is 1. The zero-order valence-electron chi connectivity index (χ0n) is 13.6. The van der Waals surface area contributed by atoms with Crippen molar-refractivity contribution < 1.29 is 23.4 Å². The molecule has 0 fully saturated rings. The lowest BCUT2D eigenvalue weighted by Crippen LogP contribution is -2.40. The summed E-state index contributed by atoms with van der Waals surface area (Å²) in [5, 5.41) is 18.7. The number of aromatic hydroxyl groups is 1. The minimum atomic E-state index is -3.64. The molecule has 0 aliphatic rings. The number of hydrogen-bond donors (Lipinski definition) is 3. The van der Waals surface area contributed by atoms with Crippen molar-refractivity contribution in [3.8, 4) is 16.9 Å². The molecule has 0 heterocycles. The first-order valence-corrected chi connectivity index (χ1v) is 8.68. The van der Waals surface area contributed by atoms with E-state index in [-0.39, 0.29) is 16.2 Å². The molecule has 0 saturated carbocycles. The highest BCUT2D eigenvalue weighted by Gasteiger charge is 2.21. The van der Waals surface area contributed by atoms with E-state index in [1.807, 2.05) is 0 Å². The first kappa shape index (κ1) is 18.0. The predicted molar refractivity (Wildman–Crippen MR) is 90.6 cm³/mol. The average Bonchev–Trinajstić information content (AvgIpc) is 2.44. The Labute approximate surface area is 140 Å². The summed E-state index contributed by atoms with van der Waals surface area (Å²) < 4.78 is 27.1. The second-order valence-corrected chi connectivity index (χ2v) is 8.14. The van der Waals surface area contributed by atoms with E-state index in [2.05, 4.69) is 4.72 Å². The predicted octanol–water partition coefficient (Wildman–Crippen LogP) is 2.83. The van der Waals surface area contributed by atoms with Gasteiger partial charge in [-0.05, 0) is 62.2 Å². The van der Waals surface area contributed by atoms with Gasteiger partial charge in [0.2, 0.25) is 10.0 Å². The van der Waals surface area contributed by atoms with E-state index in [4.69, 9.17) is 5.11 Å². The van der Waals surface area contributed by atoms with E-state index in [1.54, 1.807) is 32.9 Å². The first-order valence-electron chi connectivity index (χ1n) is 7.20. The maximum absolute atomic E-state index is 12.3. The van der Waals surface area contributed by atoms with Gasteiger partial charge in [-0.3, -0.25) is 0 Å². The summed E-state index contributed by atoms with van der Waals surface area (Å²) in [7, 11) is -3.64.